The molecule has 0 heterocycles. The molecule has 0 saturated carbocycles. The van der Waals surface area contributed by atoms with Crippen LogP contribution in [0, 0.1) is 5.92 Å². The molecule has 76 valence electrons. The zero-order chi connectivity index (χ0) is 10.3. The molecule has 0 aliphatic carbocycles. The second-order valence-corrected chi connectivity index (χ2v) is 4.12. The minimum atomic E-state index is 0.707. The van der Waals surface area contributed by atoms with Crippen LogP contribution in [0.2, 0.25) is 0 Å². The van der Waals surface area contributed by atoms with Crippen molar-refractivity contribution < 1.29 is 0 Å². The van der Waals surface area contributed by atoms with E-state index < -0.39 is 0 Å². The SMILES string of the molecule is C=C(C)CC(CCCN)CC(=C)C. The highest BCUT2D eigenvalue weighted by atomic mass is 14.5. The smallest absolute Gasteiger partial charge is 0.00772 e. The third kappa shape index (κ3) is 7.79. The van der Waals surface area contributed by atoms with Crippen molar-refractivity contribution in [2.45, 2.75) is 39.5 Å². The van der Waals surface area contributed by atoms with Gasteiger partial charge in [0.25, 0.3) is 0 Å². The molecule has 0 saturated heterocycles. The molecule has 0 aliphatic rings. The number of allylic oxidation sites excluding steroid dienone is 2. The summed E-state index contributed by atoms with van der Waals surface area (Å²) in [7, 11) is 0. The van der Waals surface area contributed by atoms with Crippen molar-refractivity contribution >= 4 is 0 Å². The molecule has 0 amide bonds. The molecule has 0 aromatic heterocycles. The van der Waals surface area contributed by atoms with Crippen LogP contribution in [0.3, 0.4) is 0 Å². The van der Waals surface area contributed by atoms with Gasteiger partial charge in [-0.1, -0.05) is 11.1 Å². The van der Waals surface area contributed by atoms with Crippen molar-refractivity contribution in [3.63, 3.8) is 0 Å². The average molecular weight is 181 g/mol. The molecule has 0 aliphatic heterocycles. The standard InChI is InChI=1S/C12H23N/c1-10(2)8-12(6-5-7-13)9-11(3)4/h12H,1,3,5-9,13H2,2,4H3. The predicted molar refractivity (Wildman–Crippen MR) is 60.6 cm³/mol. The molecule has 0 aromatic rings. The van der Waals surface area contributed by atoms with E-state index in [1.165, 1.54) is 17.6 Å². The van der Waals surface area contributed by atoms with E-state index in [9.17, 15) is 0 Å². The van der Waals surface area contributed by atoms with Crippen LogP contribution in [-0.4, -0.2) is 6.54 Å². The second-order valence-electron chi connectivity index (χ2n) is 4.12. The molecule has 0 aromatic carbocycles. The first-order chi connectivity index (χ1) is 6.06. The molecule has 2 N–H and O–H groups in total. The van der Waals surface area contributed by atoms with Crippen LogP contribution in [0.5, 0.6) is 0 Å². The molecule has 0 bridgehead atoms. The van der Waals surface area contributed by atoms with E-state index in [1.54, 1.807) is 0 Å². The van der Waals surface area contributed by atoms with Gasteiger partial charge in [0, 0.05) is 0 Å². The van der Waals surface area contributed by atoms with Crippen molar-refractivity contribution in [3.05, 3.63) is 24.3 Å². The Labute approximate surface area is 82.7 Å². The molecular weight excluding hydrogens is 158 g/mol. The molecule has 0 spiro atoms. The summed E-state index contributed by atoms with van der Waals surface area (Å²) in [4.78, 5) is 0. The topological polar surface area (TPSA) is 26.0 Å². The number of hydrogen-bond acceptors (Lipinski definition) is 1. The van der Waals surface area contributed by atoms with Gasteiger partial charge in [0.1, 0.15) is 0 Å². The molecule has 0 atom stereocenters. The fraction of sp³-hybridized carbons (Fsp3) is 0.667. The van der Waals surface area contributed by atoms with Gasteiger partial charge in [-0.2, -0.15) is 0 Å². The summed E-state index contributed by atoms with van der Waals surface area (Å²) in [6, 6.07) is 0. The summed E-state index contributed by atoms with van der Waals surface area (Å²) in [6.07, 6.45) is 4.56. The normalized spacial score (nSPS) is 10.5. The van der Waals surface area contributed by atoms with E-state index in [4.69, 9.17) is 5.73 Å². The van der Waals surface area contributed by atoms with Crippen LogP contribution in [0.25, 0.3) is 0 Å². The molecular formula is C12H23N. The monoisotopic (exact) mass is 181 g/mol. The van der Waals surface area contributed by atoms with E-state index in [-0.39, 0.29) is 0 Å². The Morgan fingerprint density at radius 1 is 1.15 bits per heavy atom. The van der Waals surface area contributed by atoms with Crippen molar-refractivity contribution in [3.8, 4) is 0 Å². The van der Waals surface area contributed by atoms with Crippen LogP contribution in [0.1, 0.15) is 39.5 Å². The third-order valence-corrected chi connectivity index (χ3v) is 2.09. The van der Waals surface area contributed by atoms with Gasteiger partial charge in [0.2, 0.25) is 0 Å². The van der Waals surface area contributed by atoms with Crippen LogP contribution in [0.4, 0.5) is 0 Å². The highest BCUT2D eigenvalue weighted by molar-refractivity contribution is 4.96. The zero-order valence-electron chi connectivity index (χ0n) is 9.10. The first-order valence-corrected chi connectivity index (χ1v) is 5.05. The lowest BCUT2D eigenvalue weighted by atomic mass is 9.90. The van der Waals surface area contributed by atoms with Crippen LogP contribution < -0.4 is 5.73 Å². The summed E-state index contributed by atoms with van der Waals surface area (Å²) < 4.78 is 0. The lowest BCUT2D eigenvalue weighted by Gasteiger charge is -2.16. The number of nitrogens with two attached hydrogens (primary N) is 1. The van der Waals surface area contributed by atoms with Crippen molar-refractivity contribution in [2.75, 3.05) is 6.54 Å². The maximum atomic E-state index is 5.49. The zero-order valence-corrected chi connectivity index (χ0v) is 9.10. The molecule has 0 fully saturated rings. The minimum absolute atomic E-state index is 0.707. The molecule has 0 unspecified atom stereocenters. The van der Waals surface area contributed by atoms with E-state index in [0.717, 1.165) is 25.8 Å². The highest BCUT2D eigenvalue weighted by Gasteiger charge is 2.08. The van der Waals surface area contributed by atoms with E-state index in [0.29, 0.717) is 5.92 Å². The number of hydrogen-bond donors (Lipinski definition) is 1. The molecule has 0 radical (unpaired) electrons. The first-order valence-electron chi connectivity index (χ1n) is 5.05. The Morgan fingerprint density at radius 3 is 1.92 bits per heavy atom. The van der Waals surface area contributed by atoms with Crippen LogP contribution >= 0.6 is 0 Å². The Hall–Kier alpha value is -0.560. The average Bonchev–Trinajstić information content (AvgIpc) is 1.98. The maximum absolute atomic E-state index is 5.49. The summed E-state index contributed by atoms with van der Waals surface area (Å²) in [5.41, 5.74) is 8.03. The van der Waals surface area contributed by atoms with Gasteiger partial charge >= 0.3 is 0 Å². The van der Waals surface area contributed by atoms with Gasteiger partial charge in [0.15, 0.2) is 0 Å². The minimum Gasteiger partial charge on any atom is -0.330 e. The fourth-order valence-corrected chi connectivity index (χ4v) is 1.67. The van der Waals surface area contributed by atoms with Crippen LogP contribution in [-0.2, 0) is 0 Å². The van der Waals surface area contributed by atoms with Gasteiger partial charge in [-0.05, 0) is 52.0 Å². The lowest BCUT2D eigenvalue weighted by molar-refractivity contribution is 0.464. The van der Waals surface area contributed by atoms with Crippen molar-refractivity contribution in [1.82, 2.24) is 0 Å². The fourth-order valence-electron chi connectivity index (χ4n) is 1.67. The molecule has 0 rings (SSSR count). The predicted octanol–water partition coefficient (Wildman–Crippen LogP) is 3.27. The van der Waals surface area contributed by atoms with Gasteiger partial charge < -0.3 is 5.73 Å². The second kappa shape index (κ2) is 6.90. The molecule has 1 heteroatoms. The van der Waals surface area contributed by atoms with Gasteiger partial charge in [-0.3, -0.25) is 0 Å². The van der Waals surface area contributed by atoms with Gasteiger partial charge in [-0.15, -0.1) is 13.2 Å². The van der Waals surface area contributed by atoms with E-state index in [1.807, 2.05) is 0 Å². The first kappa shape index (κ1) is 12.4. The Balaban J connectivity index is 3.87. The van der Waals surface area contributed by atoms with E-state index in [2.05, 4.69) is 27.0 Å². The summed E-state index contributed by atoms with van der Waals surface area (Å²) in [5, 5.41) is 0. The van der Waals surface area contributed by atoms with E-state index >= 15 is 0 Å². The highest BCUT2D eigenvalue weighted by Crippen LogP contribution is 2.22. The van der Waals surface area contributed by atoms with Crippen LogP contribution in [0.15, 0.2) is 24.3 Å². The third-order valence-electron chi connectivity index (χ3n) is 2.09. The largest absolute Gasteiger partial charge is 0.330 e. The quantitative estimate of drug-likeness (QED) is 0.599. The molecule has 13 heavy (non-hydrogen) atoms. The summed E-state index contributed by atoms with van der Waals surface area (Å²) >= 11 is 0. The lowest BCUT2D eigenvalue weighted by Crippen LogP contribution is -2.06. The molecule has 1 nitrogen and oxygen atoms in total. The Bertz CT molecular complexity index is 154. The van der Waals surface area contributed by atoms with Gasteiger partial charge in [-0.25, -0.2) is 0 Å². The maximum Gasteiger partial charge on any atom is -0.00772 e. The Kier molecular flexibility index (Phi) is 6.61. The van der Waals surface area contributed by atoms with Gasteiger partial charge in [0.05, 0.1) is 0 Å². The summed E-state index contributed by atoms with van der Waals surface area (Å²) in [5.74, 6) is 0.707. The Morgan fingerprint density at radius 2 is 1.62 bits per heavy atom. The van der Waals surface area contributed by atoms with Crippen molar-refractivity contribution in [1.29, 1.82) is 0 Å². The summed E-state index contributed by atoms with van der Waals surface area (Å²) in [6.45, 7) is 12.9. The number of rotatable bonds is 7. The van der Waals surface area contributed by atoms with Crippen molar-refractivity contribution in [2.24, 2.45) is 11.7 Å².